The molecule has 1 aliphatic carbocycles. The van der Waals surface area contributed by atoms with E-state index < -0.39 is 23.3 Å². The van der Waals surface area contributed by atoms with E-state index in [1.165, 1.54) is 6.07 Å². The monoisotopic (exact) mass is 480 g/mol. The van der Waals surface area contributed by atoms with E-state index in [1.54, 1.807) is 6.92 Å². The summed E-state index contributed by atoms with van der Waals surface area (Å²) in [7, 11) is 0. The zero-order valence-electron chi connectivity index (χ0n) is 17.9. The number of ether oxygens (including phenoxy) is 2. The van der Waals surface area contributed by atoms with Crippen molar-refractivity contribution in [3.05, 3.63) is 70.4 Å². The summed E-state index contributed by atoms with van der Waals surface area (Å²) < 4.78 is 61.1. The fraction of sp³-hybridized carbons (Fsp3) is 0.261. The summed E-state index contributed by atoms with van der Waals surface area (Å²) in [4.78, 5) is 33.1. The first-order valence-corrected chi connectivity index (χ1v) is 10.1. The largest absolute Gasteiger partial charge is 0.492 e. The number of hydrogen-bond donors (Lipinski definition) is 2. The minimum atomic E-state index is -1.03. The van der Waals surface area contributed by atoms with Crippen LogP contribution in [0.1, 0.15) is 30.1 Å². The molecule has 1 aliphatic heterocycles. The summed E-state index contributed by atoms with van der Waals surface area (Å²) in [5.74, 6) is -4.39. The van der Waals surface area contributed by atoms with Gasteiger partial charge in [-0.3, -0.25) is 14.4 Å². The first-order valence-electron chi connectivity index (χ1n) is 10.1. The molecule has 1 heterocycles. The molecule has 1 unspecified atom stereocenters. The average Bonchev–Trinajstić information content (AvgIpc) is 2.81. The fourth-order valence-corrected chi connectivity index (χ4v) is 3.21. The Morgan fingerprint density at radius 1 is 1.12 bits per heavy atom. The van der Waals surface area contributed by atoms with Crippen LogP contribution in [-0.2, 0) is 9.59 Å². The summed E-state index contributed by atoms with van der Waals surface area (Å²) in [6.45, 7) is 1.73. The van der Waals surface area contributed by atoms with Crippen LogP contribution in [0.5, 0.6) is 11.5 Å². The molecule has 2 aliphatic rings. The van der Waals surface area contributed by atoms with Crippen LogP contribution in [-0.4, -0.2) is 37.4 Å². The van der Waals surface area contributed by atoms with Gasteiger partial charge in [0.25, 0.3) is 5.91 Å². The van der Waals surface area contributed by atoms with Crippen LogP contribution in [0.25, 0.3) is 0 Å². The van der Waals surface area contributed by atoms with Crippen molar-refractivity contribution in [2.24, 2.45) is 0 Å². The molecule has 0 saturated heterocycles. The Morgan fingerprint density at radius 2 is 1.82 bits per heavy atom. The van der Waals surface area contributed by atoms with E-state index in [0.29, 0.717) is 12.8 Å². The molecule has 11 heteroatoms. The van der Waals surface area contributed by atoms with E-state index >= 15 is 0 Å². The lowest BCUT2D eigenvalue weighted by Crippen LogP contribution is -2.45. The maximum atomic E-state index is 12.9. The minimum absolute atomic E-state index is 0.0771. The zero-order chi connectivity index (χ0) is 24.8. The lowest BCUT2D eigenvalue weighted by molar-refractivity contribution is -0.123. The van der Waals surface area contributed by atoms with Gasteiger partial charge < -0.3 is 20.1 Å². The molecule has 34 heavy (non-hydrogen) atoms. The molecule has 0 spiro atoms. The fourth-order valence-electron chi connectivity index (χ4n) is 3.21. The normalized spacial score (nSPS) is 16.3. The second kappa shape index (κ2) is 10.8. The molecule has 0 radical (unpaired) electrons. The Kier molecular flexibility index (Phi) is 7.87. The van der Waals surface area contributed by atoms with Crippen LogP contribution in [0.15, 0.2) is 41.6 Å². The Morgan fingerprint density at radius 3 is 2.50 bits per heavy atom. The third-order valence-corrected chi connectivity index (χ3v) is 5.15. The van der Waals surface area contributed by atoms with Crippen molar-refractivity contribution in [1.82, 2.24) is 10.6 Å². The van der Waals surface area contributed by atoms with E-state index in [0.717, 1.165) is 35.5 Å². The highest BCUT2D eigenvalue weighted by Gasteiger charge is 2.27. The van der Waals surface area contributed by atoms with Gasteiger partial charge >= 0.3 is 0 Å². The number of carbonyl (C=O) groups is 3. The van der Waals surface area contributed by atoms with Crippen molar-refractivity contribution < 1.29 is 41.4 Å². The molecule has 1 atom stereocenters. The lowest BCUT2D eigenvalue weighted by atomic mass is 9.89. The molecule has 2 aromatic rings. The molecule has 0 aromatic heterocycles. The highest BCUT2D eigenvalue weighted by atomic mass is 19.2. The number of hydrogen-bond acceptors (Lipinski definition) is 5. The number of benzene rings is 2. The van der Waals surface area contributed by atoms with Gasteiger partial charge in [0, 0.05) is 30.7 Å². The smallest absolute Gasteiger partial charge is 0.258 e. The van der Waals surface area contributed by atoms with E-state index in [2.05, 4.69) is 10.6 Å². The van der Waals surface area contributed by atoms with Crippen LogP contribution < -0.4 is 20.1 Å². The van der Waals surface area contributed by atoms with Crippen LogP contribution >= 0.6 is 0 Å². The third-order valence-electron chi connectivity index (χ3n) is 5.15. The predicted octanol–water partition coefficient (Wildman–Crippen LogP) is 3.18. The van der Waals surface area contributed by atoms with Crippen LogP contribution in [0, 0.1) is 23.3 Å². The standard InChI is InChI=1S/C14H14F2N2O3.C9H6F2O2/c1-8-12(17-7-19)5-13(8)18-14(20)6-21-9-2-3-10(15)11(16)4-9;10-6-3-5-8(12)1-2-13-9(5)4-7(6)11/h2-4,7,13H,5-6H2,1H3,(H,17,19)(H,18,20);3-4H,1-2H2. The number of rotatable bonds is 6. The minimum Gasteiger partial charge on any atom is -0.492 e. The summed E-state index contributed by atoms with van der Waals surface area (Å²) >= 11 is 0. The SMILES string of the molecule is CC1=C(NC=O)CC1NC(=O)COc1ccc(F)c(F)c1.O=C1CCOc2cc(F)c(F)cc21. The first-order chi connectivity index (χ1) is 16.2. The van der Waals surface area contributed by atoms with Crippen LogP contribution in [0.2, 0.25) is 0 Å². The Hall–Kier alpha value is -3.89. The summed E-state index contributed by atoms with van der Waals surface area (Å²) in [6.07, 6.45) is 1.35. The van der Waals surface area contributed by atoms with E-state index in [-0.39, 0.29) is 54.4 Å². The van der Waals surface area contributed by atoms with Gasteiger partial charge in [-0.15, -0.1) is 0 Å². The number of amides is 2. The van der Waals surface area contributed by atoms with Crippen molar-refractivity contribution >= 4 is 18.1 Å². The topological polar surface area (TPSA) is 93.7 Å². The number of Topliss-reactive ketones (excluding diaryl/α,β-unsaturated/α-hetero) is 1. The van der Waals surface area contributed by atoms with Crippen LogP contribution in [0.4, 0.5) is 17.6 Å². The number of nitrogens with one attached hydrogen (secondary N) is 2. The second-order valence-electron chi connectivity index (χ2n) is 7.40. The Bertz CT molecular complexity index is 1150. The summed E-state index contributed by atoms with van der Waals surface area (Å²) in [6, 6.07) is 4.69. The van der Waals surface area contributed by atoms with Crippen molar-refractivity contribution in [3.8, 4) is 11.5 Å². The molecule has 7 nitrogen and oxygen atoms in total. The zero-order valence-corrected chi connectivity index (χ0v) is 17.9. The second-order valence-corrected chi connectivity index (χ2v) is 7.40. The van der Waals surface area contributed by atoms with E-state index in [1.807, 2.05) is 0 Å². The van der Waals surface area contributed by atoms with Gasteiger partial charge in [-0.05, 0) is 30.7 Å². The average molecular weight is 480 g/mol. The van der Waals surface area contributed by atoms with Crippen molar-refractivity contribution in [2.45, 2.75) is 25.8 Å². The Balaban J connectivity index is 0.000000212. The molecule has 2 amide bonds. The van der Waals surface area contributed by atoms with E-state index in [9.17, 15) is 31.9 Å². The summed E-state index contributed by atoms with van der Waals surface area (Å²) in [5.41, 5.74) is 1.80. The first kappa shape index (κ1) is 24.7. The quantitative estimate of drug-likeness (QED) is 0.490. The molecule has 2 aromatic carbocycles. The van der Waals surface area contributed by atoms with E-state index in [4.69, 9.17) is 9.47 Å². The van der Waals surface area contributed by atoms with Crippen molar-refractivity contribution in [3.63, 3.8) is 0 Å². The van der Waals surface area contributed by atoms with Crippen LogP contribution in [0.3, 0.4) is 0 Å². The molecule has 0 fully saturated rings. The predicted molar refractivity (Wildman–Crippen MR) is 111 cm³/mol. The highest BCUT2D eigenvalue weighted by molar-refractivity contribution is 5.99. The maximum absolute atomic E-state index is 12.9. The molecule has 4 rings (SSSR count). The van der Waals surface area contributed by atoms with Gasteiger partial charge in [-0.2, -0.15) is 0 Å². The molecule has 0 bridgehead atoms. The van der Waals surface area contributed by atoms with Gasteiger partial charge in [0.1, 0.15) is 11.5 Å². The molecular formula is C23H20F4N2O5. The van der Waals surface area contributed by atoms with Gasteiger partial charge in [-0.1, -0.05) is 0 Å². The number of ketones is 1. The molecule has 180 valence electrons. The maximum Gasteiger partial charge on any atom is 0.258 e. The van der Waals surface area contributed by atoms with Gasteiger partial charge in [0.2, 0.25) is 6.41 Å². The van der Waals surface area contributed by atoms with Crippen molar-refractivity contribution in [1.29, 1.82) is 0 Å². The van der Waals surface area contributed by atoms with Gasteiger partial charge in [0.15, 0.2) is 35.7 Å². The Labute approximate surface area is 191 Å². The lowest BCUT2D eigenvalue weighted by Gasteiger charge is -2.31. The highest BCUT2D eigenvalue weighted by Crippen LogP contribution is 2.27. The van der Waals surface area contributed by atoms with Crippen molar-refractivity contribution in [2.75, 3.05) is 13.2 Å². The molecular weight excluding hydrogens is 460 g/mol. The number of halogens is 4. The van der Waals surface area contributed by atoms with Gasteiger partial charge in [0.05, 0.1) is 18.2 Å². The number of carbonyl (C=O) groups excluding carboxylic acids is 3. The summed E-state index contributed by atoms with van der Waals surface area (Å²) in [5, 5.41) is 5.25. The number of fused-ring (bicyclic) bond motifs is 1. The molecule has 0 saturated carbocycles. The van der Waals surface area contributed by atoms with Gasteiger partial charge in [-0.25, -0.2) is 17.6 Å². The molecule has 2 N–H and O–H groups in total. The third kappa shape index (κ3) is 5.91.